The van der Waals surface area contributed by atoms with Crippen molar-refractivity contribution in [3.05, 3.63) is 58.9 Å². The van der Waals surface area contributed by atoms with Crippen molar-refractivity contribution in [2.45, 2.75) is 25.2 Å². The Labute approximate surface area is 175 Å². The predicted molar refractivity (Wildman–Crippen MR) is 102 cm³/mol. The molecule has 0 bridgehead atoms. The van der Waals surface area contributed by atoms with E-state index in [2.05, 4.69) is 0 Å². The summed E-state index contributed by atoms with van der Waals surface area (Å²) in [5, 5.41) is 0. The van der Waals surface area contributed by atoms with Gasteiger partial charge >= 0.3 is 0 Å². The first-order valence-corrected chi connectivity index (χ1v) is 10.8. The molecule has 1 amide bonds. The molecule has 3 rings (SSSR count). The second-order valence-corrected chi connectivity index (χ2v) is 9.33. The van der Waals surface area contributed by atoms with Gasteiger partial charge in [-0.15, -0.1) is 0 Å². The van der Waals surface area contributed by atoms with Crippen LogP contribution in [0.1, 0.15) is 30.6 Å². The molecule has 0 spiro atoms. The molecule has 1 aliphatic heterocycles. The SMILES string of the molecule is CC1CC(C)CN(C(=O)c2ccccc2NS(=O)(=O)c2c(F)c(F)c(F)c(F)c2F)C1. The summed E-state index contributed by atoms with van der Waals surface area (Å²) in [5.74, 6) is -12.3. The lowest BCUT2D eigenvalue weighted by atomic mass is 9.91. The highest BCUT2D eigenvalue weighted by Crippen LogP contribution is 2.30. The van der Waals surface area contributed by atoms with Gasteiger partial charge in [0.15, 0.2) is 28.2 Å². The first-order valence-electron chi connectivity index (χ1n) is 9.36. The Kier molecular flexibility index (Phi) is 6.26. The smallest absolute Gasteiger partial charge is 0.268 e. The summed E-state index contributed by atoms with van der Waals surface area (Å²) in [5.41, 5.74) is -0.460. The van der Waals surface area contributed by atoms with Crippen molar-refractivity contribution in [1.29, 1.82) is 0 Å². The minimum Gasteiger partial charge on any atom is -0.338 e. The van der Waals surface area contributed by atoms with Crippen LogP contribution in [-0.4, -0.2) is 32.3 Å². The third kappa shape index (κ3) is 4.36. The van der Waals surface area contributed by atoms with Crippen molar-refractivity contribution >= 4 is 21.6 Å². The van der Waals surface area contributed by atoms with Crippen LogP contribution < -0.4 is 4.72 Å². The van der Waals surface area contributed by atoms with Crippen LogP contribution in [-0.2, 0) is 10.0 Å². The average Bonchev–Trinajstić information content (AvgIpc) is 2.69. The Morgan fingerprint density at radius 2 is 1.39 bits per heavy atom. The Morgan fingerprint density at radius 1 is 0.903 bits per heavy atom. The molecule has 1 N–H and O–H groups in total. The predicted octanol–water partition coefficient (Wildman–Crippen LogP) is 4.30. The molecule has 1 aliphatic rings. The maximum Gasteiger partial charge on any atom is 0.268 e. The Hall–Kier alpha value is -2.69. The summed E-state index contributed by atoms with van der Waals surface area (Å²) in [6, 6.07) is 5.28. The fourth-order valence-corrected chi connectivity index (χ4v) is 4.99. The maximum atomic E-state index is 14.0. The fraction of sp³-hybridized carbons (Fsp3) is 0.350. The van der Waals surface area contributed by atoms with Gasteiger partial charge in [0.1, 0.15) is 0 Å². The number of carbonyl (C=O) groups is 1. The summed E-state index contributed by atoms with van der Waals surface area (Å²) < 4.78 is 95.1. The molecule has 1 fully saturated rings. The zero-order valence-corrected chi connectivity index (χ0v) is 17.4. The molecule has 2 aromatic rings. The maximum absolute atomic E-state index is 14.0. The number of sulfonamides is 1. The van der Waals surface area contributed by atoms with Crippen LogP contribution in [0.3, 0.4) is 0 Å². The van der Waals surface area contributed by atoms with Crippen LogP contribution in [0.15, 0.2) is 29.2 Å². The van der Waals surface area contributed by atoms with Gasteiger partial charge in [0.25, 0.3) is 15.9 Å². The first kappa shape index (κ1) is 23.0. The van der Waals surface area contributed by atoms with Crippen molar-refractivity contribution < 1.29 is 35.2 Å². The van der Waals surface area contributed by atoms with Gasteiger partial charge < -0.3 is 4.90 Å². The van der Waals surface area contributed by atoms with E-state index in [1.165, 1.54) is 23.1 Å². The van der Waals surface area contributed by atoms with E-state index in [0.29, 0.717) is 13.1 Å². The highest BCUT2D eigenvalue weighted by Gasteiger charge is 2.35. The van der Waals surface area contributed by atoms with E-state index in [9.17, 15) is 35.2 Å². The number of carbonyl (C=O) groups excluding carboxylic acids is 1. The van der Waals surface area contributed by atoms with Gasteiger partial charge in [-0.1, -0.05) is 26.0 Å². The number of anilines is 1. The van der Waals surface area contributed by atoms with Crippen LogP contribution in [0.25, 0.3) is 0 Å². The largest absolute Gasteiger partial charge is 0.338 e. The molecule has 5 nitrogen and oxygen atoms in total. The van der Waals surface area contributed by atoms with Crippen molar-refractivity contribution in [3.63, 3.8) is 0 Å². The molecular formula is C20H19F5N2O3S. The van der Waals surface area contributed by atoms with E-state index in [1.54, 1.807) is 4.72 Å². The lowest BCUT2D eigenvalue weighted by molar-refractivity contribution is 0.0624. The molecule has 0 saturated carbocycles. The average molecular weight is 462 g/mol. The van der Waals surface area contributed by atoms with Crippen LogP contribution in [0, 0.1) is 40.9 Å². The van der Waals surface area contributed by atoms with Gasteiger partial charge in [0.2, 0.25) is 5.82 Å². The zero-order chi connectivity index (χ0) is 23.1. The monoisotopic (exact) mass is 462 g/mol. The summed E-state index contributed by atoms with van der Waals surface area (Å²) in [7, 11) is -5.26. The topological polar surface area (TPSA) is 66.5 Å². The number of benzene rings is 2. The minimum atomic E-state index is -5.26. The highest BCUT2D eigenvalue weighted by molar-refractivity contribution is 7.92. The second kappa shape index (κ2) is 8.45. The zero-order valence-electron chi connectivity index (χ0n) is 16.6. The molecular weight excluding hydrogens is 443 g/mol. The molecule has 0 aliphatic carbocycles. The number of nitrogens with zero attached hydrogens (tertiary/aromatic N) is 1. The second-order valence-electron chi connectivity index (χ2n) is 7.71. The number of nitrogens with one attached hydrogen (secondary N) is 1. The van der Waals surface area contributed by atoms with Crippen molar-refractivity contribution in [2.24, 2.45) is 11.8 Å². The van der Waals surface area contributed by atoms with Crippen molar-refractivity contribution in [3.8, 4) is 0 Å². The molecule has 0 aromatic heterocycles. The quantitative estimate of drug-likeness (QED) is 0.419. The van der Waals surface area contributed by atoms with E-state index in [4.69, 9.17) is 0 Å². The van der Waals surface area contributed by atoms with Gasteiger partial charge in [-0.3, -0.25) is 9.52 Å². The number of hydrogen-bond donors (Lipinski definition) is 1. The summed E-state index contributed by atoms with van der Waals surface area (Å²) >= 11 is 0. The third-order valence-electron chi connectivity index (χ3n) is 5.00. The summed E-state index contributed by atoms with van der Waals surface area (Å²) in [6.45, 7) is 4.80. The van der Waals surface area contributed by atoms with Gasteiger partial charge in [-0.25, -0.2) is 30.4 Å². The number of hydrogen-bond acceptors (Lipinski definition) is 3. The van der Waals surface area contributed by atoms with Gasteiger partial charge in [0.05, 0.1) is 11.3 Å². The molecule has 1 saturated heterocycles. The fourth-order valence-electron chi connectivity index (χ4n) is 3.77. The summed E-state index contributed by atoms with van der Waals surface area (Å²) in [4.78, 5) is 12.5. The Bertz CT molecular complexity index is 1100. The van der Waals surface area contributed by atoms with Gasteiger partial charge in [-0.05, 0) is 30.4 Å². The number of halogens is 5. The number of amides is 1. The van der Waals surface area contributed by atoms with Crippen LogP contribution in [0.4, 0.5) is 27.6 Å². The van der Waals surface area contributed by atoms with Gasteiger partial charge in [0, 0.05) is 13.1 Å². The lowest BCUT2D eigenvalue weighted by Crippen LogP contribution is -2.42. The molecule has 2 atom stereocenters. The number of rotatable bonds is 4. The van der Waals surface area contributed by atoms with Crippen LogP contribution >= 0.6 is 0 Å². The molecule has 2 aromatic carbocycles. The van der Waals surface area contributed by atoms with E-state index in [-0.39, 0.29) is 23.1 Å². The molecule has 11 heteroatoms. The molecule has 2 unspecified atom stereocenters. The highest BCUT2D eigenvalue weighted by atomic mass is 32.2. The van der Waals surface area contributed by atoms with Crippen molar-refractivity contribution in [2.75, 3.05) is 17.8 Å². The van der Waals surface area contributed by atoms with E-state index < -0.39 is 49.9 Å². The lowest BCUT2D eigenvalue weighted by Gasteiger charge is -2.35. The van der Waals surface area contributed by atoms with E-state index in [1.807, 2.05) is 13.8 Å². The van der Waals surface area contributed by atoms with Crippen LogP contribution in [0.2, 0.25) is 0 Å². The Balaban J connectivity index is 2.01. The molecule has 168 valence electrons. The first-order chi connectivity index (χ1) is 14.4. The Morgan fingerprint density at radius 3 is 1.94 bits per heavy atom. The molecule has 1 heterocycles. The van der Waals surface area contributed by atoms with E-state index in [0.717, 1.165) is 12.5 Å². The van der Waals surface area contributed by atoms with Gasteiger partial charge in [-0.2, -0.15) is 0 Å². The number of para-hydroxylation sites is 1. The minimum absolute atomic E-state index is 0.115. The number of likely N-dealkylation sites (tertiary alicyclic amines) is 1. The van der Waals surface area contributed by atoms with Crippen LogP contribution in [0.5, 0.6) is 0 Å². The normalized spacial score (nSPS) is 19.4. The standard InChI is InChI=1S/C20H19F5N2O3S/c1-10-7-11(2)9-27(8-10)20(28)12-5-3-4-6-13(12)26-31(29,30)19-17(24)15(22)14(21)16(23)18(19)25/h3-6,10-11,26H,7-9H2,1-2H3. The van der Waals surface area contributed by atoms with E-state index >= 15 is 0 Å². The molecule has 0 radical (unpaired) electrons. The van der Waals surface area contributed by atoms with Crippen molar-refractivity contribution in [1.82, 2.24) is 4.90 Å². The third-order valence-corrected chi connectivity index (χ3v) is 6.38. The number of piperidine rings is 1. The summed E-state index contributed by atoms with van der Waals surface area (Å²) in [6.07, 6.45) is 0.915. The molecule has 31 heavy (non-hydrogen) atoms.